The maximum Gasteiger partial charge on any atom is 0.231 e. The molecule has 4 heteroatoms. The molecule has 0 unspecified atom stereocenters. The van der Waals surface area contributed by atoms with Crippen LogP contribution in [0.1, 0.15) is 110 Å². The maximum atomic E-state index is 15.2. The molecule has 7 rings (SSSR count). The van der Waals surface area contributed by atoms with Gasteiger partial charge in [0.1, 0.15) is 11.6 Å². The van der Waals surface area contributed by atoms with Crippen LogP contribution in [-0.4, -0.2) is 6.79 Å². The molecule has 0 atom stereocenters. The normalized spacial score (nSPS) is 12.7. The van der Waals surface area contributed by atoms with Gasteiger partial charge in [-0.3, -0.25) is 0 Å². The van der Waals surface area contributed by atoms with Gasteiger partial charge in [-0.15, -0.1) is 0 Å². The molecule has 0 aromatic heterocycles. The van der Waals surface area contributed by atoms with Crippen LogP contribution in [0.3, 0.4) is 0 Å². The molecule has 0 radical (unpaired) electrons. The smallest absolute Gasteiger partial charge is 0.231 e. The molecule has 3 nitrogen and oxygen atoms in total. The Hall–Kier alpha value is -5.35. The minimum absolute atomic E-state index is 0.0168. The first-order valence-electron chi connectivity index (χ1n) is 22.9. The van der Waals surface area contributed by atoms with Crippen LogP contribution in [0.4, 0.5) is 15.8 Å². The van der Waals surface area contributed by atoms with Gasteiger partial charge in [-0.1, -0.05) is 149 Å². The van der Waals surface area contributed by atoms with E-state index in [1.165, 1.54) is 45.0 Å². The van der Waals surface area contributed by atoms with E-state index in [9.17, 15) is 0 Å². The second kappa shape index (κ2) is 18.6. The number of anilines is 2. The summed E-state index contributed by atoms with van der Waals surface area (Å²) >= 11 is 0. The highest BCUT2D eigenvalue weighted by molar-refractivity contribution is 5.90. The first kappa shape index (κ1) is 44.7. The number of rotatable bonds is 13. The van der Waals surface area contributed by atoms with Gasteiger partial charge in [-0.25, -0.2) is 4.39 Å². The zero-order chi connectivity index (χ0) is 44.5. The van der Waals surface area contributed by atoms with Crippen molar-refractivity contribution in [2.45, 2.75) is 114 Å². The summed E-state index contributed by atoms with van der Waals surface area (Å²) in [5.74, 6) is 3.27. The molecule has 1 heterocycles. The van der Waals surface area contributed by atoms with Crippen LogP contribution in [0.15, 0.2) is 103 Å². The zero-order valence-corrected chi connectivity index (χ0v) is 39.4. The van der Waals surface area contributed by atoms with E-state index in [0.717, 1.165) is 70.4 Å². The highest BCUT2D eigenvalue weighted by Crippen LogP contribution is 2.48. The fourth-order valence-corrected chi connectivity index (χ4v) is 9.06. The summed E-state index contributed by atoms with van der Waals surface area (Å²) in [6.45, 7) is 26.9. The van der Waals surface area contributed by atoms with Crippen molar-refractivity contribution in [2.75, 3.05) is 12.1 Å². The Morgan fingerprint density at radius 1 is 0.484 bits per heavy atom. The molecular weight excluding hydrogens is 762 g/mol. The summed E-state index contributed by atoms with van der Waals surface area (Å²) in [5.41, 5.74) is 17.5. The Morgan fingerprint density at radius 2 is 0.952 bits per heavy atom. The summed E-state index contributed by atoms with van der Waals surface area (Å²) in [6, 6.07) is 37.6. The van der Waals surface area contributed by atoms with Crippen LogP contribution >= 0.6 is 0 Å². The number of aryl methyl sites for hydroxylation is 1. The Kier molecular flexibility index (Phi) is 13.4. The number of halogens is 1. The molecule has 0 saturated carbocycles. The second-order valence-electron chi connectivity index (χ2n) is 20.6. The zero-order valence-electron chi connectivity index (χ0n) is 39.4. The topological polar surface area (TPSA) is 30.5 Å². The Labute approximate surface area is 372 Å². The van der Waals surface area contributed by atoms with Gasteiger partial charge in [0.2, 0.25) is 6.79 Å². The van der Waals surface area contributed by atoms with Gasteiger partial charge in [0.25, 0.3) is 0 Å². The Balaban J connectivity index is 1.39. The molecule has 1 aliphatic rings. The molecule has 0 spiro atoms. The summed E-state index contributed by atoms with van der Waals surface area (Å²) < 4.78 is 27.8. The van der Waals surface area contributed by atoms with Crippen LogP contribution < -0.4 is 14.8 Å². The van der Waals surface area contributed by atoms with Crippen molar-refractivity contribution in [1.29, 1.82) is 0 Å². The van der Waals surface area contributed by atoms with E-state index in [4.69, 9.17) is 9.47 Å². The lowest BCUT2D eigenvalue weighted by Crippen LogP contribution is -2.13. The standard InChI is InChI=1S/C58H68FNO2/c1-35(2)19-40-24-41(20-36(3)4)27-47(26-40)44-13-15-45(16-14-44)51-18-17-46(48-28-42(21-37(5)6)25-43(29-48)22-38(7)8)30-54(51)60-55-32-49(58(10,11)12)31-52-53-33-50(59)23-39(9)56(53)61-34-62-57(52)55/h13-18,23-33,35-38,60H,19-22,34H2,1-12H3. The average molecular weight is 830 g/mol. The van der Waals surface area contributed by atoms with Crippen LogP contribution in [0.2, 0.25) is 0 Å². The second-order valence-corrected chi connectivity index (χ2v) is 20.6. The summed E-state index contributed by atoms with van der Waals surface area (Å²) in [4.78, 5) is 0. The molecule has 0 bridgehead atoms. The van der Waals surface area contributed by atoms with Crippen molar-refractivity contribution < 1.29 is 13.9 Å². The van der Waals surface area contributed by atoms with Crippen molar-refractivity contribution in [3.05, 3.63) is 142 Å². The molecule has 324 valence electrons. The predicted octanol–water partition coefficient (Wildman–Crippen LogP) is 16.4. The fourth-order valence-electron chi connectivity index (χ4n) is 9.06. The van der Waals surface area contributed by atoms with Gasteiger partial charge in [-0.05, 0) is 153 Å². The van der Waals surface area contributed by atoms with Crippen molar-refractivity contribution >= 4 is 11.4 Å². The lowest BCUT2D eigenvalue weighted by Gasteiger charge is -2.24. The van der Waals surface area contributed by atoms with E-state index in [1.807, 2.05) is 6.92 Å². The van der Waals surface area contributed by atoms with Crippen LogP contribution in [0.5, 0.6) is 11.5 Å². The van der Waals surface area contributed by atoms with Crippen molar-refractivity contribution in [1.82, 2.24) is 0 Å². The summed E-state index contributed by atoms with van der Waals surface area (Å²) in [7, 11) is 0. The molecule has 62 heavy (non-hydrogen) atoms. The molecule has 1 N–H and O–H groups in total. The quantitative estimate of drug-likeness (QED) is 0.126. The van der Waals surface area contributed by atoms with Gasteiger partial charge in [0, 0.05) is 22.4 Å². The monoisotopic (exact) mass is 830 g/mol. The van der Waals surface area contributed by atoms with Gasteiger partial charge in [0.15, 0.2) is 5.75 Å². The summed E-state index contributed by atoms with van der Waals surface area (Å²) in [5, 5.41) is 3.93. The lowest BCUT2D eigenvalue weighted by molar-refractivity contribution is 0.124. The van der Waals surface area contributed by atoms with Gasteiger partial charge in [0.05, 0.1) is 5.69 Å². The number of nitrogens with one attached hydrogen (secondary N) is 1. The average Bonchev–Trinajstić information content (AvgIpc) is 3.36. The van der Waals surface area contributed by atoms with E-state index >= 15 is 4.39 Å². The predicted molar refractivity (Wildman–Crippen MR) is 262 cm³/mol. The van der Waals surface area contributed by atoms with Crippen LogP contribution in [0.25, 0.3) is 44.5 Å². The Morgan fingerprint density at radius 3 is 1.47 bits per heavy atom. The van der Waals surface area contributed by atoms with Gasteiger partial charge in [-0.2, -0.15) is 0 Å². The third-order valence-corrected chi connectivity index (χ3v) is 11.7. The largest absolute Gasteiger partial charge is 0.457 e. The van der Waals surface area contributed by atoms with E-state index in [-0.39, 0.29) is 18.0 Å². The van der Waals surface area contributed by atoms with Crippen LogP contribution in [-0.2, 0) is 31.1 Å². The number of hydrogen-bond donors (Lipinski definition) is 1. The molecule has 0 amide bonds. The van der Waals surface area contributed by atoms with E-state index in [0.29, 0.717) is 40.7 Å². The number of benzene rings is 6. The van der Waals surface area contributed by atoms with E-state index in [2.05, 4.69) is 172 Å². The summed E-state index contributed by atoms with van der Waals surface area (Å²) in [6.07, 6.45) is 4.18. The molecule has 1 aliphatic heterocycles. The Bertz CT molecular complexity index is 2480. The highest BCUT2D eigenvalue weighted by Gasteiger charge is 2.27. The molecule has 0 aliphatic carbocycles. The van der Waals surface area contributed by atoms with Crippen molar-refractivity contribution in [2.24, 2.45) is 23.7 Å². The molecule has 6 aromatic rings. The van der Waals surface area contributed by atoms with Crippen molar-refractivity contribution in [3.8, 4) is 56.0 Å². The van der Waals surface area contributed by atoms with E-state index < -0.39 is 0 Å². The van der Waals surface area contributed by atoms with Crippen molar-refractivity contribution in [3.63, 3.8) is 0 Å². The SMILES string of the molecule is Cc1cc(F)cc2c1OCOc1c(Nc3cc(-c4cc(CC(C)C)cc(CC(C)C)c4)ccc3-c3ccc(-c4cc(CC(C)C)cc(CC(C)C)c4)cc3)cc(C(C)(C)C)cc1-2. The highest BCUT2D eigenvalue weighted by atomic mass is 19.1. The van der Waals surface area contributed by atoms with Gasteiger partial charge >= 0.3 is 0 Å². The molecule has 0 saturated heterocycles. The lowest BCUT2D eigenvalue weighted by atomic mass is 9.84. The van der Waals surface area contributed by atoms with E-state index in [1.54, 1.807) is 6.07 Å². The first-order chi connectivity index (χ1) is 29.4. The molecule has 0 fully saturated rings. The molecular formula is C58H68FNO2. The minimum Gasteiger partial charge on any atom is -0.457 e. The first-order valence-corrected chi connectivity index (χ1v) is 22.9. The number of fused-ring (bicyclic) bond motifs is 3. The fraction of sp³-hybridized carbons (Fsp3) is 0.379. The number of ether oxygens (including phenoxy) is 2. The molecule has 6 aromatic carbocycles. The number of hydrogen-bond acceptors (Lipinski definition) is 3. The maximum absolute atomic E-state index is 15.2. The third kappa shape index (κ3) is 10.6. The third-order valence-electron chi connectivity index (χ3n) is 11.7. The minimum atomic E-state index is -0.300. The van der Waals surface area contributed by atoms with Crippen LogP contribution in [0, 0.1) is 36.4 Å². The van der Waals surface area contributed by atoms with Gasteiger partial charge < -0.3 is 14.8 Å².